The van der Waals surface area contributed by atoms with Crippen molar-refractivity contribution in [2.24, 2.45) is 5.14 Å². The number of sulfonamides is 1. The van der Waals surface area contributed by atoms with Crippen molar-refractivity contribution in [3.63, 3.8) is 0 Å². The van der Waals surface area contributed by atoms with Gasteiger partial charge >= 0.3 is 0 Å². The van der Waals surface area contributed by atoms with Crippen molar-refractivity contribution in [2.45, 2.75) is 18.1 Å². The van der Waals surface area contributed by atoms with E-state index in [9.17, 15) is 13.2 Å². The molecule has 0 spiro atoms. The topological polar surface area (TPSA) is 115 Å². The number of pyridine rings is 1. The lowest BCUT2D eigenvalue weighted by molar-refractivity contribution is 0.102. The van der Waals surface area contributed by atoms with E-state index >= 15 is 0 Å². The van der Waals surface area contributed by atoms with Gasteiger partial charge in [-0.25, -0.2) is 23.5 Å². The molecule has 0 unspecified atom stereocenters. The van der Waals surface area contributed by atoms with E-state index < -0.39 is 15.9 Å². The highest BCUT2D eigenvalue weighted by Gasteiger charge is 2.19. The predicted octanol–water partition coefficient (Wildman–Crippen LogP) is 1.05. The maximum atomic E-state index is 11.9. The van der Waals surface area contributed by atoms with Crippen LogP contribution in [0.1, 0.15) is 21.9 Å². The maximum Gasteiger partial charge on any atom is 0.276 e. The zero-order chi connectivity index (χ0) is 14.9. The lowest BCUT2D eigenvalue weighted by atomic mass is 10.3. The molecule has 2 aromatic rings. The molecule has 0 aliphatic carbocycles. The Hall–Kier alpha value is -1.84. The van der Waals surface area contributed by atoms with Gasteiger partial charge in [0.1, 0.15) is 5.69 Å². The van der Waals surface area contributed by atoms with Gasteiger partial charge in [0.15, 0.2) is 9.34 Å². The molecular formula is C11H12N4O3S2. The number of amides is 1. The summed E-state index contributed by atoms with van der Waals surface area (Å²) in [6.07, 6.45) is 0. The number of hydrogen-bond acceptors (Lipinski definition) is 6. The fraction of sp³-hybridized carbons (Fsp3) is 0.182. The Balaban J connectivity index is 2.25. The highest BCUT2D eigenvalue weighted by atomic mass is 32.2. The predicted molar refractivity (Wildman–Crippen MR) is 75.2 cm³/mol. The average Bonchev–Trinajstić information content (AvgIpc) is 2.70. The fourth-order valence-corrected chi connectivity index (χ4v) is 3.38. The molecule has 2 aromatic heterocycles. The van der Waals surface area contributed by atoms with Gasteiger partial charge in [-0.2, -0.15) is 0 Å². The van der Waals surface area contributed by atoms with Crippen LogP contribution in [0.4, 0.5) is 5.13 Å². The molecule has 9 heteroatoms. The summed E-state index contributed by atoms with van der Waals surface area (Å²) in [6, 6.07) is 5.03. The van der Waals surface area contributed by atoms with E-state index in [0.717, 1.165) is 11.3 Å². The van der Waals surface area contributed by atoms with Crippen LogP contribution in [-0.2, 0) is 10.0 Å². The second kappa shape index (κ2) is 5.27. The molecule has 0 atom stereocenters. The third-order valence-corrected chi connectivity index (χ3v) is 4.98. The molecule has 3 N–H and O–H groups in total. The summed E-state index contributed by atoms with van der Waals surface area (Å²) in [4.78, 5) is 20.0. The largest absolute Gasteiger partial charge is 0.296 e. The van der Waals surface area contributed by atoms with Gasteiger partial charge in [0.2, 0.25) is 10.0 Å². The van der Waals surface area contributed by atoms with Gasteiger partial charge in [-0.05, 0) is 26.0 Å². The second-order valence-corrected chi connectivity index (χ2v) is 6.81. The Morgan fingerprint density at radius 1 is 1.30 bits per heavy atom. The standard InChI is InChI=1S/C11H12N4O3S2/c1-6-4-3-5-8(13-6)9(16)15-11-14-7(2)10(19-11)20(12,17)18/h3-5H,1-2H3,(H2,12,17,18)(H,14,15,16). The molecule has 7 nitrogen and oxygen atoms in total. The first-order chi connectivity index (χ1) is 9.27. The summed E-state index contributed by atoms with van der Waals surface area (Å²) in [7, 11) is -3.83. The van der Waals surface area contributed by atoms with E-state index in [1.807, 2.05) is 0 Å². The minimum Gasteiger partial charge on any atom is -0.296 e. The Bertz CT molecular complexity index is 768. The first-order valence-corrected chi connectivity index (χ1v) is 7.89. The maximum absolute atomic E-state index is 11.9. The van der Waals surface area contributed by atoms with Crippen molar-refractivity contribution in [1.82, 2.24) is 9.97 Å². The number of rotatable bonds is 3. The first-order valence-electron chi connectivity index (χ1n) is 5.52. The summed E-state index contributed by atoms with van der Waals surface area (Å²) < 4.78 is 22.5. The van der Waals surface area contributed by atoms with Gasteiger partial charge in [0, 0.05) is 5.69 Å². The van der Waals surface area contributed by atoms with Crippen molar-refractivity contribution in [2.75, 3.05) is 5.32 Å². The van der Waals surface area contributed by atoms with Gasteiger partial charge in [0.25, 0.3) is 5.91 Å². The monoisotopic (exact) mass is 312 g/mol. The Kier molecular flexibility index (Phi) is 3.84. The SMILES string of the molecule is Cc1cccc(C(=O)Nc2nc(C)c(S(N)(=O)=O)s2)n1. The molecule has 0 saturated heterocycles. The van der Waals surface area contributed by atoms with Crippen LogP contribution in [0.2, 0.25) is 0 Å². The van der Waals surface area contributed by atoms with Crippen molar-refractivity contribution in [3.05, 3.63) is 35.3 Å². The summed E-state index contributed by atoms with van der Waals surface area (Å²) in [6.45, 7) is 3.28. The average molecular weight is 312 g/mol. The van der Waals surface area contributed by atoms with E-state index in [1.165, 1.54) is 6.92 Å². The quantitative estimate of drug-likeness (QED) is 0.879. The number of aryl methyl sites for hydroxylation is 2. The summed E-state index contributed by atoms with van der Waals surface area (Å²) in [5.41, 5.74) is 1.19. The molecule has 0 fully saturated rings. The second-order valence-electron chi connectivity index (χ2n) is 4.06. The minimum absolute atomic E-state index is 0.0648. The Morgan fingerprint density at radius 2 is 2.00 bits per heavy atom. The molecule has 2 rings (SSSR count). The number of carbonyl (C=O) groups is 1. The molecule has 0 bridgehead atoms. The molecular weight excluding hydrogens is 300 g/mol. The Labute approximate surface area is 119 Å². The number of aromatic nitrogens is 2. The van der Waals surface area contributed by atoms with E-state index in [2.05, 4.69) is 15.3 Å². The van der Waals surface area contributed by atoms with Crippen molar-refractivity contribution in [1.29, 1.82) is 0 Å². The number of anilines is 1. The van der Waals surface area contributed by atoms with Crippen LogP contribution in [0.15, 0.2) is 22.4 Å². The first kappa shape index (κ1) is 14.6. The van der Waals surface area contributed by atoms with E-state index in [1.54, 1.807) is 25.1 Å². The molecule has 1 amide bonds. The zero-order valence-corrected chi connectivity index (χ0v) is 12.4. The van der Waals surface area contributed by atoms with Crippen LogP contribution >= 0.6 is 11.3 Å². The van der Waals surface area contributed by atoms with Gasteiger partial charge < -0.3 is 0 Å². The molecule has 106 valence electrons. The van der Waals surface area contributed by atoms with Crippen LogP contribution in [0.25, 0.3) is 0 Å². The lowest BCUT2D eigenvalue weighted by Gasteiger charge is -2.01. The van der Waals surface area contributed by atoms with Crippen LogP contribution in [0.3, 0.4) is 0 Å². The van der Waals surface area contributed by atoms with E-state index in [-0.39, 0.29) is 20.7 Å². The van der Waals surface area contributed by atoms with Crippen LogP contribution in [0, 0.1) is 13.8 Å². The number of thiazole rings is 1. The van der Waals surface area contributed by atoms with Crippen molar-refractivity contribution < 1.29 is 13.2 Å². The number of nitrogens with zero attached hydrogens (tertiary/aromatic N) is 2. The summed E-state index contributed by atoms with van der Waals surface area (Å²) in [5.74, 6) is -0.455. The number of nitrogens with two attached hydrogens (primary N) is 1. The third-order valence-electron chi connectivity index (χ3n) is 2.35. The summed E-state index contributed by atoms with van der Waals surface area (Å²) in [5, 5.41) is 7.72. The molecule has 0 radical (unpaired) electrons. The number of nitrogens with one attached hydrogen (secondary N) is 1. The van der Waals surface area contributed by atoms with Gasteiger partial charge in [-0.3, -0.25) is 10.1 Å². The van der Waals surface area contributed by atoms with E-state index in [0.29, 0.717) is 5.69 Å². The molecule has 2 heterocycles. The number of primary sulfonamides is 1. The zero-order valence-electron chi connectivity index (χ0n) is 10.7. The lowest BCUT2D eigenvalue weighted by Crippen LogP contribution is -2.13. The molecule has 0 aliphatic rings. The van der Waals surface area contributed by atoms with Crippen molar-refractivity contribution in [3.8, 4) is 0 Å². The number of carbonyl (C=O) groups excluding carboxylic acids is 1. The van der Waals surface area contributed by atoms with Crippen LogP contribution in [-0.4, -0.2) is 24.3 Å². The highest BCUT2D eigenvalue weighted by Crippen LogP contribution is 2.26. The molecule has 20 heavy (non-hydrogen) atoms. The summed E-state index contributed by atoms with van der Waals surface area (Å²) >= 11 is 0.810. The third kappa shape index (κ3) is 3.18. The molecule has 0 aliphatic heterocycles. The molecule has 0 saturated carbocycles. The minimum atomic E-state index is -3.83. The molecule has 0 aromatic carbocycles. The van der Waals surface area contributed by atoms with Gasteiger partial charge in [-0.15, -0.1) is 0 Å². The van der Waals surface area contributed by atoms with Crippen molar-refractivity contribution >= 4 is 32.4 Å². The van der Waals surface area contributed by atoms with Crippen LogP contribution in [0.5, 0.6) is 0 Å². The van der Waals surface area contributed by atoms with Gasteiger partial charge in [-0.1, -0.05) is 17.4 Å². The van der Waals surface area contributed by atoms with Gasteiger partial charge in [0.05, 0.1) is 5.69 Å². The smallest absolute Gasteiger partial charge is 0.276 e. The van der Waals surface area contributed by atoms with E-state index in [4.69, 9.17) is 5.14 Å². The normalized spacial score (nSPS) is 11.3. The highest BCUT2D eigenvalue weighted by molar-refractivity contribution is 7.91. The fourth-order valence-electron chi connectivity index (χ4n) is 1.53. The van der Waals surface area contributed by atoms with Crippen LogP contribution < -0.4 is 10.5 Å². The Morgan fingerprint density at radius 3 is 2.55 bits per heavy atom. The number of hydrogen-bond donors (Lipinski definition) is 2.